The first-order chi connectivity index (χ1) is 13.8. The van der Waals surface area contributed by atoms with Crippen molar-refractivity contribution in [1.29, 1.82) is 0 Å². The smallest absolute Gasteiger partial charge is 0.300 e. The lowest BCUT2D eigenvalue weighted by atomic mass is 10.1. The van der Waals surface area contributed by atoms with Gasteiger partial charge in [0.05, 0.1) is 32.6 Å². The van der Waals surface area contributed by atoms with E-state index in [0.29, 0.717) is 10.7 Å². The van der Waals surface area contributed by atoms with E-state index >= 15 is 0 Å². The zero-order chi connectivity index (χ0) is 21.3. The molecule has 2 aromatic rings. The van der Waals surface area contributed by atoms with Crippen LogP contribution in [0.5, 0.6) is 17.2 Å². The number of ketones is 1. The van der Waals surface area contributed by atoms with E-state index in [1.54, 1.807) is 24.3 Å². The fourth-order valence-corrected chi connectivity index (χ4v) is 3.29. The highest BCUT2D eigenvalue weighted by molar-refractivity contribution is 6.53. The summed E-state index contributed by atoms with van der Waals surface area (Å²) in [6, 6.07) is 7.02. The van der Waals surface area contributed by atoms with E-state index in [1.807, 2.05) is 0 Å². The minimum absolute atomic E-state index is 0.0290. The highest BCUT2D eigenvalue weighted by atomic mass is 35.5. The Kier molecular flexibility index (Phi) is 5.65. The summed E-state index contributed by atoms with van der Waals surface area (Å²) in [6.07, 6.45) is 0. The third kappa shape index (κ3) is 3.47. The summed E-state index contributed by atoms with van der Waals surface area (Å²) in [5, 5.41) is 3.23. The van der Waals surface area contributed by atoms with E-state index < -0.39 is 23.6 Å². The van der Waals surface area contributed by atoms with Crippen molar-refractivity contribution in [3.05, 3.63) is 40.9 Å². The molecule has 152 valence electrons. The van der Waals surface area contributed by atoms with Crippen LogP contribution >= 0.6 is 11.6 Å². The Bertz CT molecular complexity index is 989. The third-order valence-corrected chi connectivity index (χ3v) is 4.84. The van der Waals surface area contributed by atoms with Crippen LogP contribution in [0.3, 0.4) is 0 Å². The average molecular weight is 419 g/mol. The van der Waals surface area contributed by atoms with Gasteiger partial charge in [0.1, 0.15) is 6.04 Å². The number of methoxy groups -OCH3 is 3. The summed E-state index contributed by atoms with van der Waals surface area (Å²) in [5.41, 5.74) is 0.754. The standard InChI is InChI=1S/C20H19ClN2O6/c1-10(19(25)22-12-7-5-11(21)6-8-12)23-13-9-14(27-2)17(28-3)18(29-4)15(13)16(24)20(23)26/h5-10H,1-4H3,(H,22,25). The molecule has 2 amide bonds. The second-order valence-corrected chi connectivity index (χ2v) is 6.65. The van der Waals surface area contributed by atoms with Crippen molar-refractivity contribution >= 4 is 40.6 Å². The minimum Gasteiger partial charge on any atom is -0.493 e. The van der Waals surface area contributed by atoms with Crippen LogP contribution in [0.15, 0.2) is 30.3 Å². The van der Waals surface area contributed by atoms with Gasteiger partial charge in [-0.3, -0.25) is 19.3 Å². The predicted molar refractivity (Wildman–Crippen MR) is 107 cm³/mol. The number of carbonyl (C=O) groups is 3. The molecule has 0 fully saturated rings. The molecule has 0 saturated heterocycles. The van der Waals surface area contributed by atoms with Crippen LogP contribution in [0.1, 0.15) is 17.3 Å². The fraction of sp³-hybridized carbons (Fsp3) is 0.250. The molecule has 1 aliphatic heterocycles. The summed E-state index contributed by atoms with van der Waals surface area (Å²) in [5.74, 6) is -1.57. The molecule has 1 N–H and O–H groups in total. The van der Waals surface area contributed by atoms with Crippen molar-refractivity contribution in [3.63, 3.8) is 0 Å². The molecule has 1 unspecified atom stereocenters. The predicted octanol–water partition coefficient (Wildman–Crippen LogP) is 2.92. The van der Waals surface area contributed by atoms with Gasteiger partial charge in [0.15, 0.2) is 11.5 Å². The topological polar surface area (TPSA) is 94.2 Å². The maximum absolute atomic E-state index is 12.7. The molecule has 0 bridgehead atoms. The van der Waals surface area contributed by atoms with Gasteiger partial charge in [-0.05, 0) is 31.2 Å². The second kappa shape index (κ2) is 8.00. The molecule has 1 aliphatic rings. The van der Waals surface area contributed by atoms with Gasteiger partial charge >= 0.3 is 0 Å². The third-order valence-electron chi connectivity index (χ3n) is 4.59. The average Bonchev–Trinajstić information content (AvgIpc) is 2.97. The van der Waals surface area contributed by atoms with Gasteiger partial charge < -0.3 is 19.5 Å². The molecule has 29 heavy (non-hydrogen) atoms. The van der Waals surface area contributed by atoms with Gasteiger partial charge in [-0.2, -0.15) is 0 Å². The summed E-state index contributed by atoms with van der Waals surface area (Å²) in [6.45, 7) is 1.52. The number of hydrogen-bond donors (Lipinski definition) is 1. The maximum atomic E-state index is 12.7. The molecule has 0 aromatic heterocycles. The molecule has 1 atom stereocenters. The van der Waals surface area contributed by atoms with Crippen molar-refractivity contribution in [3.8, 4) is 17.2 Å². The molecule has 1 heterocycles. The van der Waals surface area contributed by atoms with Crippen molar-refractivity contribution in [2.24, 2.45) is 0 Å². The molecule has 0 spiro atoms. The van der Waals surface area contributed by atoms with E-state index in [9.17, 15) is 14.4 Å². The van der Waals surface area contributed by atoms with Gasteiger partial charge in [0.25, 0.3) is 11.7 Å². The quantitative estimate of drug-likeness (QED) is 0.725. The number of carbonyl (C=O) groups excluding carboxylic acids is 3. The number of amides is 2. The molecule has 0 saturated carbocycles. The maximum Gasteiger partial charge on any atom is 0.300 e. The van der Waals surface area contributed by atoms with Crippen molar-refractivity contribution in [2.45, 2.75) is 13.0 Å². The zero-order valence-electron chi connectivity index (χ0n) is 16.2. The summed E-state index contributed by atoms with van der Waals surface area (Å²) < 4.78 is 15.9. The number of fused-ring (bicyclic) bond motifs is 1. The Morgan fingerprint density at radius 3 is 2.21 bits per heavy atom. The molecule has 2 aromatic carbocycles. The number of benzene rings is 2. The lowest BCUT2D eigenvalue weighted by Gasteiger charge is -2.25. The number of nitrogens with one attached hydrogen (secondary N) is 1. The SMILES string of the molecule is COc1cc2c(c(OC)c1OC)C(=O)C(=O)N2C(C)C(=O)Nc1ccc(Cl)cc1. The zero-order valence-corrected chi connectivity index (χ0v) is 17.0. The monoisotopic (exact) mass is 418 g/mol. The number of Topliss-reactive ketones (excluding diaryl/α,β-unsaturated/α-hetero) is 1. The highest BCUT2D eigenvalue weighted by Gasteiger charge is 2.44. The first-order valence-corrected chi connectivity index (χ1v) is 8.99. The number of halogens is 1. The summed E-state index contributed by atoms with van der Waals surface area (Å²) in [4.78, 5) is 39.2. The normalized spacial score (nSPS) is 13.8. The van der Waals surface area contributed by atoms with E-state index in [0.717, 1.165) is 4.90 Å². The number of anilines is 2. The van der Waals surface area contributed by atoms with E-state index in [-0.39, 0.29) is 28.5 Å². The number of hydrogen-bond acceptors (Lipinski definition) is 6. The van der Waals surface area contributed by atoms with Gasteiger partial charge in [-0.1, -0.05) is 11.6 Å². The lowest BCUT2D eigenvalue weighted by molar-refractivity contribution is -0.120. The largest absolute Gasteiger partial charge is 0.493 e. The summed E-state index contributed by atoms with van der Waals surface area (Å²) in [7, 11) is 4.17. The number of nitrogens with zero attached hydrogens (tertiary/aromatic N) is 1. The summed E-state index contributed by atoms with van der Waals surface area (Å²) >= 11 is 5.85. The lowest BCUT2D eigenvalue weighted by Crippen LogP contribution is -2.45. The Morgan fingerprint density at radius 2 is 1.66 bits per heavy atom. The minimum atomic E-state index is -0.980. The van der Waals surface area contributed by atoms with Crippen LogP contribution in [0.2, 0.25) is 5.02 Å². The Hall–Kier alpha value is -3.26. The van der Waals surface area contributed by atoms with Gasteiger partial charge in [-0.15, -0.1) is 0 Å². The first-order valence-electron chi connectivity index (χ1n) is 8.61. The molecule has 8 nitrogen and oxygen atoms in total. The molecular weight excluding hydrogens is 400 g/mol. The van der Waals surface area contributed by atoms with Crippen LogP contribution in [0.4, 0.5) is 11.4 Å². The Morgan fingerprint density at radius 1 is 1.03 bits per heavy atom. The molecule has 3 rings (SSSR count). The molecule has 0 radical (unpaired) electrons. The second-order valence-electron chi connectivity index (χ2n) is 6.22. The van der Waals surface area contributed by atoms with Crippen molar-refractivity contribution in [2.75, 3.05) is 31.5 Å². The molecule has 9 heteroatoms. The molecular formula is C20H19ClN2O6. The van der Waals surface area contributed by atoms with E-state index in [4.69, 9.17) is 25.8 Å². The molecule has 0 aliphatic carbocycles. The van der Waals surface area contributed by atoms with Crippen LogP contribution < -0.4 is 24.4 Å². The first kappa shape index (κ1) is 20.5. The number of ether oxygens (including phenoxy) is 3. The fourth-order valence-electron chi connectivity index (χ4n) is 3.16. The van der Waals surface area contributed by atoms with E-state index in [1.165, 1.54) is 34.3 Å². The Balaban J connectivity index is 2.01. The van der Waals surface area contributed by atoms with Crippen LogP contribution in [-0.2, 0) is 9.59 Å². The number of rotatable bonds is 6. The van der Waals surface area contributed by atoms with Gasteiger partial charge in [0.2, 0.25) is 11.7 Å². The van der Waals surface area contributed by atoms with Crippen molar-refractivity contribution in [1.82, 2.24) is 0 Å². The van der Waals surface area contributed by atoms with Crippen LogP contribution in [-0.4, -0.2) is 45.0 Å². The van der Waals surface area contributed by atoms with Crippen LogP contribution in [0, 0.1) is 0 Å². The van der Waals surface area contributed by atoms with Crippen molar-refractivity contribution < 1.29 is 28.6 Å². The van der Waals surface area contributed by atoms with E-state index in [2.05, 4.69) is 5.32 Å². The van der Waals surface area contributed by atoms with Gasteiger partial charge in [0, 0.05) is 16.8 Å². The van der Waals surface area contributed by atoms with Gasteiger partial charge in [-0.25, -0.2) is 0 Å². The van der Waals surface area contributed by atoms with Crippen LogP contribution in [0.25, 0.3) is 0 Å². The Labute approximate surface area is 172 Å². The highest BCUT2D eigenvalue weighted by Crippen LogP contribution is 2.48.